The molecule has 0 atom stereocenters. The number of fused-ring (bicyclic) bond motifs is 5. The lowest BCUT2D eigenvalue weighted by Crippen LogP contribution is -1.98. The van der Waals surface area contributed by atoms with Crippen molar-refractivity contribution < 1.29 is 0 Å². The number of para-hydroxylation sites is 2. The van der Waals surface area contributed by atoms with Gasteiger partial charge in [-0.05, 0) is 70.1 Å². The molecule has 4 heteroatoms. The summed E-state index contributed by atoms with van der Waals surface area (Å²) < 4.78 is 2.34. The third-order valence-corrected chi connectivity index (χ3v) is 9.86. The zero-order valence-electron chi connectivity index (χ0n) is 27.6. The Morgan fingerprint density at radius 2 is 0.882 bits per heavy atom. The molecule has 0 fully saturated rings. The highest BCUT2D eigenvalue weighted by Gasteiger charge is 2.17. The van der Waals surface area contributed by atoms with Gasteiger partial charge in [-0.15, -0.1) is 0 Å². The highest BCUT2D eigenvalue weighted by molar-refractivity contribution is 6.12. The second kappa shape index (κ2) is 11.9. The van der Waals surface area contributed by atoms with Crippen LogP contribution in [-0.4, -0.2) is 19.5 Å². The van der Waals surface area contributed by atoms with Crippen LogP contribution >= 0.6 is 0 Å². The van der Waals surface area contributed by atoms with Crippen molar-refractivity contribution in [2.24, 2.45) is 0 Å². The van der Waals surface area contributed by atoms with Crippen molar-refractivity contribution in [3.05, 3.63) is 182 Å². The molecule has 51 heavy (non-hydrogen) atoms. The summed E-state index contributed by atoms with van der Waals surface area (Å²) in [6, 6.07) is 61.9. The monoisotopic (exact) mass is 650 g/mol. The normalized spacial score (nSPS) is 11.5. The van der Waals surface area contributed by atoms with Gasteiger partial charge in [-0.3, -0.25) is 4.98 Å². The van der Waals surface area contributed by atoms with Gasteiger partial charge in [0.05, 0.1) is 28.1 Å². The van der Waals surface area contributed by atoms with Gasteiger partial charge in [-0.25, -0.2) is 9.97 Å². The van der Waals surface area contributed by atoms with Gasteiger partial charge in [0.1, 0.15) is 0 Å². The molecule has 10 rings (SSSR count). The van der Waals surface area contributed by atoms with Crippen LogP contribution in [0.15, 0.2) is 182 Å². The summed E-state index contributed by atoms with van der Waals surface area (Å²) in [7, 11) is 0. The van der Waals surface area contributed by atoms with Gasteiger partial charge in [0, 0.05) is 44.9 Å². The van der Waals surface area contributed by atoms with Gasteiger partial charge in [0.15, 0.2) is 5.82 Å². The predicted octanol–water partition coefficient (Wildman–Crippen LogP) is 11.9. The third-order valence-electron chi connectivity index (χ3n) is 9.86. The standard InChI is InChI=1S/C47H30N4/c1-3-13-37-34(11-1)29-35-12-2-4-14-38(35)46(37)43-30-42(49-47(50-43)33-22-20-31(21-23-33)41-17-9-10-28-48-41)32-24-26-36(27-25-32)51-44-18-7-5-15-39(44)40-16-6-8-19-45(40)51/h1-30H. The molecule has 0 saturated carbocycles. The van der Waals surface area contributed by atoms with Crippen LogP contribution in [-0.2, 0) is 0 Å². The van der Waals surface area contributed by atoms with Crippen molar-refractivity contribution in [3.63, 3.8) is 0 Å². The summed E-state index contributed by atoms with van der Waals surface area (Å²) in [5, 5.41) is 7.20. The zero-order chi connectivity index (χ0) is 33.7. The van der Waals surface area contributed by atoms with Crippen LogP contribution in [0.5, 0.6) is 0 Å². The second-order valence-corrected chi connectivity index (χ2v) is 12.9. The van der Waals surface area contributed by atoms with E-state index in [1.54, 1.807) is 0 Å². The lowest BCUT2D eigenvalue weighted by molar-refractivity contribution is 1.17. The molecule has 238 valence electrons. The van der Waals surface area contributed by atoms with Crippen molar-refractivity contribution in [2.45, 2.75) is 0 Å². The fourth-order valence-electron chi connectivity index (χ4n) is 7.45. The fraction of sp³-hybridized carbons (Fsp3) is 0. The van der Waals surface area contributed by atoms with E-state index in [1.807, 2.05) is 24.4 Å². The van der Waals surface area contributed by atoms with E-state index >= 15 is 0 Å². The molecule has 3 heterocycles. The Labute approximate surface area is 295 Å². The second-order valence-electron chi connectivity index (χ2n) is 12.9. The summed E-state index contributed by atoms with van der Waals surface area (Å²) in [6.45, 7) is 0. The van der Waals surface area contributed by atoms with Gasteiger partial charge >= 0.3 is 0 Å². The van der Waals surface area contributed by atoms with Gasteiger partial charge < -0.3 is 4.57 Å². The Balaban J connectivity index is 1.16. The van der Waals surface area contributed by atoms with E-state index in [0.29, 0.717) is 5.82 Å². The van der Waals surface area contributed by atoms with Crippen LogP contribution in [0.25, 0.3) is 94.2 Å². The minimum absolute atomic E-state index is 0.679. The van der Waals surface area contributed by atoms with E-state index in [0.717, 1.165) is 45.0 Å². The number of rotatable bonds is 5. The first-order valence-corrected chi connectivity index (χ1v) is 17.2. The fourth-order valence-corrected chi connectivity index (χ4v) is 7.45. The number of hydrogen-bond donors (Lipinski definition) is 0. The summed E-state index contributed by atoms with van der Waals surface area (Å²) in [5.74, 6) is 0.679. The van der Waals surface area contributed by atoms with Gasteiger partial charge in [-0.2, -0.15) is 0 Å². The molecule has 10 aromatic rings. The average molecular weight is 651 g/mol. The van der Waals surface area contributed by atoms with Crippen molar-refractivity contribution in [1.82, 2.24) is 19.5 Å². The molecule has 0 amide bonds. The topological polar surface area (TPSA) is 43.6 Å². The summed E-state index contributed by atoms with van der Waals surface area (Å²) in [6.07, 6.45) is 1.82. The maximum Gasteiger partial charge on any atom is 0.160 e. The molecule has 4 nitrogen and oxygen atoms in total. The maximum atomic E-state index is 5.30. The summed E-state index contributed by atoms with van der Waals surface area (Å²) in [5.41, 5.74) is 10.3. The van der Waals surface area contributed by atoms with Crippen LogP contribution in [0.2, 0.25) is 0 Å². The molecule has 7 aromatic carbocycles. The molecule has 0 aliphatic heterocycles. The summed E-state index contributed by atoms with van der Waals surface area (Å²) in [4.78, 5) is 15.1. The number of nitrogens with zero attached hydrogens (tertiary/aromatic N) is 4. The Morgan fingerprint density at radius 1 is 0.373 bits per heavy atom. The van der Waals surface area contributed by atoms with E-state index in [1.165, 1.54) is 43.4 Å². The maximum absolute atomic E-state index is 5.30. The quantitative estimate of drug-likeness (QED) is 0.174. The van der Waals surface area contributed by atoms with Crippen LogP contribution in [0.3, 0.4) is 0 Å². The molecular weight excluding hydrogens is 621 g/mol. The third kappa shape index (κ3) is 4.96. The first-order valence-electron chi connectivity index (χ1n) is 17.2. The number of aromatic nitrogens is 4. The zero-order valence-corrected chi connectivity index (χ0v) is 27.6. The van der Waals surface area contributed by atoms with E-state index in [2.05, 4.69) is 167 Å². The van der Waals surface area contributed by atoms with Crippen molar-refractivity contribution in [3.8, 4) is 50.8 Å². The lowest BCUT2D eigenvalue weighted by Gasteiger charge is -2.15. The molecule has 3 aromatic heterocycles. The molecular formula is C47H30N4. The van der Waals surface area contributed by atoms with Crippen molar-refractivity contribution in [2.75, 3.05) is 0 Å². The highest BCUT2D eigenvalue weighted by Crippen LogP contribution is 2.38. The smallest absolute Gasteiger partial charge is 0.160 e. The van der Waals surface area contributed by atoms with E-state index in [-0.39, 0.29) is 0 Å². The molecule has 0 radical (unpaired) electrons. The van der Waals surface area contributed by atoms with Gasteiger partial charge in [-0.1, -0.05) is 127 Å². The molecule has 0 saturated heterocycles. The SMILES string of the molecule is c1ccc(-c2ccc(-c3nc(-c4ccc(-n5c6ccccc6c6ccccc65)cc4)cc(-c4c5ccccc5cc5ccccc45)n3)cc2)nc1. The predicted molar refractivity (Wildman–Crippen MR) is 211 cm³/mol. The van der Waals surface area contributed by atoms with E-state index < -0.39 is 0 Å². The number of hydrogen-bond acceptors (Lipinski definition) is 3. The van der Waals surface area contributed by atoms with Crippen molar-refractivity contribution in [1.29, 1.82) is 0 Å². The first-order chi connectivity index (χ1) is 25.3. The Kier molecular flexibility index (Phi) is 6.78. The first kappa shape index (κ1) is 29.0. The number of pyridine rings is 1. The Bertz CT molecular complexity index is 2780. The van der Waals surface area contributed by atoms with Crippen LogP contribution in [0, 0.1) is 0 Å². The highest BCUT2D eigenvalue weighted by atomic mass is 15.0. The largest absolute Gasteiger partial charge is 0.309 e. The number of benzene rings is 7. The average Bonchev–Trinajstić information content (AvgIpc) is 3.54. The van der Waals surface area contributed by atoms with Crippen LogP contribution in [0.1, 0.15) is 0 Å². The van der Waals surface area contributed by atoms with Crippen LogP contribution < -0.4 is 0 Å². The van der Waals surface area contributed by atoms with E-state index in [4.69, 9.17) is 9.97 Å². The molecule has 0 bridgehead atoms. The molecule has 0 aliphatic rings. The van der Waals surface area contributed by atoms with E-state index in [9.17, 15) is 0 Å². The van der Waals surface area contributed by atoms with Crippen LogP contribution in [0.4, 0.5) is 0 Å². The molecule has 0 spiro atoms. The minimum atomic E-state index is 0.679. The lowest BCUT2D eigenvalue weighted by atomic mass is 9.94. The summed E-state index contributed by atoms with van der Waals surface area (Å²) >= 11 is 0. The van der Waals surface area contributed by atoms with Gasteiger partial charge in [0.25, 0.3) is 0 Å². The Hall–Kier alpha value is -6.91. The molecule has 0 N–H and O–H groups in total. The minimum Gasteiger partial charge on any atom is -0.309 e. The van der Waals surface area contributed by atoms with Crippen molar-refractivity contribution >= 4 is 43.4 Å². The van der Waals surface area contributed by atoms with Gasteiger partial charge in [0.2, 0.25) is 0 Å². The molecule has 0 aliphatic carbocycles. The molecule has 0 unspecified atom stereocenters. The Morgan fingerprint density at radius 3 is 1.51 bits per heavy atom.